The molecule has 0 radical (unpaired) electrons. The number of anilines is 2. The van der Waals surface area contributed by atoms with E-state index in [0.717, 1.165) is 10.6 Å². The van der Waals surface area contributed by atoms with E-state index in [4.69, 9.17) is 0 Å². The minimum absolute atomic E-state index is 0.0188. The standard InChI is InChI=1S/C19H20N2O3S/c1-12(25-18-10-8-17(9-11-18)21-14(3)23)19(24)15-4-6-16(7-5-15)20-13(2)22/h4-12H,1-3H3,(H,20,22)(H,21,23)/t12-/m1/s1. The number of hydrogen-bond donors (Lipinski definition) is 2. The molecule has 0 aliphatic rings. The van der Waals surface area contributed by atoms with Gasteiger partial charge in [0.2, 0.25) is 11.8 Å². The van der Waals surface area contributed by atoms with Gasteiger partial charge in [-0.3, -0.25) is 14.4 Å². The molecule has 0 unspecified atom stereocenters. The second kappa shape index (κ2) is 8.48. The van der Waals surface area contributed by atoms with Gasteiger partial charge in [0, 0.05) is 35.7 Å². The van der Waals surface area contributed by atoms with Gasteiger partial charge in [0.05, 0.1) is 5.25 Å². The molecule has 0 aliphatic heterocycles. The summed E-state index contributed by atoms with van der Waals surface area (Å²) in [6.07, 6.45) is 0. The van der Waals surface area contributed by atoms with Gasteiger partial charge in [0.15, 0.2) is 5.78 Å². The van der Waals surface area contributed by atoms with Crippen LogP contribution in [-0.4, -0.2) is 22.8 Å². The van der Waals surface area contributed by atoms with Gasteiger partial charge in [-0.1, -0.05) is 0 Å². The zero-order valence-electron chi connectivity index (χ0n) is 14.3. The van der Waals surface area contributed by atoms with Crippen LogP contribution in [0.1, 0.15) is 31.1 Å². The molecule has 0 aromatic heterocycles. The van der Waals surface area contributed by atoms with Crippen LogP contribution in [0, 0.1) is 0 Å². The van der Waals surface area contributed by atoms with E-state index in [2.05, 4.69) is 10.6 Å². The topological polar surface area (TPSA) is 75.3 Å². The Morgan fingerprint density at radius 1 is 0.800 bits per heavy atom. The van der Waals surface area contributed by atoms with Crippen LogP contribution in [0.5, 0.6) is 0 Å². The van der Waals surface area contributed by atoms with Gasteiger partial charge >= 0.3 is 0 Å². The van der Waals surface area contributed by atoms with E-state index in [1.165, 1.54) is 25.6 Å². The lowest BCUT2D eigenvalue weighted by Gasteiger charge is -2.11. The molecule has 2 amide bonds. The summed E-state index contributed by atoms with van der Waals surface area (Å²) in [5.41, 5.74) is 1.99. The third-order valence-electron chi connectivity index (χ3n) is 3.35. The fourth-order valence-electron chi connectivity index (χ4n) is 2.23. The van der Waals surface area contributed by atoms with Gasteiger partial charge in [-0.05, 0) is 55.5 Å². The molecule has 6 heteroatoms. The summed E-state index contributed by atoms with van der Waals surface area (Å²) in [5.74, 6) is -0.248. The van der Waals surface area contributed by atoms with Crippen molar-refractivity contribution in [3.63, 3.8) is 0 Å². The number of hydrogen-bond acceptors (Lipinski definition) is 4. The highest BCUT2D eigenvalue weighted by Gasteiger charge is 2.16. The summed E-state index contributed by atoms with van der Waals surface area (Å²) >= 11 is 1.46. The van der Waals surface area contributed by atoms with Crippen molar-refractivity contribution in [3.8, 4) is 0 Å². The highest BCUT2D eigenvalue weighted by Crippen LogP contribution is 2.27. The quantitative estimate of drug-likeness (QED) is 0.607. The van der Waals surface area contributed by atoms with Crippen molar-refractivity contribution >= 4 is 40.7 Å². The number of carbonyl (C=O) groups is 3. The molecular formula is C19H20N2O3S. The number of amides is 2. The van der Waals surface area contributed by atoms with E-state index < -0.39 is 0 Å². The third kappa shape index (κ3) is 5.76. The zero-order chi connectivity index (χ0) is 18.4. The maximum atomic E-state index is 12.5. The van der Waals surface area contributed by atoms with Crippen LogP contribution in [0.25, 0.3) is 0 Å². The minimum atomic E-state index is -0.252. The summed E-state index contributed by atoms with van der Waals surface area (Å²) in [7, 11) is 0. The summed E-state index contributed by atoms with van der Waals surface area (Å²) in [6, 6.07) is 14.2. The van der Waals surface area contributed by atoms with Crippen molar-refractivity contribution in [3.05, 3.63) is 54.1 Å². The molecule has 0 heterocycles. The number of Topliss-reactive ketones (excluding diaryl/α,β-unsaturated/α-hetero) is 1. The van der Waals surface area contributed by atoms with E-state index in [9.17, 15) is 14.4 Å². The Labute approximate surface area is 151 Å². The maximum Gasteiger partial charge on any atom is 0.221 e. The first-order valence-corrected chi connectivity index (χ1v) is 8.69. The van der Waals surface area contributed by atoms with E-state index >= 15 is 0 Å². The Hall–Kier alpha value is -2.60. The largest absolute Gasteiger partial charge is 0.326 e. The van der Waals surface area contributed by atoms with E-state index in [-0.39, 0.29) is 22.8 Å². The Morgan fingerprint density at radius 3 is 1.68 bits per heavy atom. The first-order chi connectivity index (χ1) is 11.8. The average Bonchev–Trinajstić information content (AvgIpc) is 2.55. The van der Waals surface area contributed by atoms with Crippen LogP contribution in [0.2, 0.25) is 0 Å². The van der Waals surface area contributed by atoms with Crippen molar-refractivity contribution < 1.29 is 14.4 Å². The molecule has 5 nitrogen and oxygen atoms in total. The van der Waals surface area contributed by atoms with Crippen molar-refractivity contribution in [1.82, 2.24) is 0 Å². The molecule has 2 aromatic carbocycles. The highest BCUT2D eigenvalue weighted by molar-refractivity contribution is 8.00. The SMILES string of the molecule is CC(=O)Nc1ccc(S[C@H](C)C(=O)c2ccc(NC(C)=O)cc2)cc1. The molecule has 0 aliphatic carbocycles. The molecule has 2 rings (SSSR count). The summed E-state index contributed by atoms with van der Waals surface area (Å²) in [4.78, 5) is 35.5. The highest BCUT2D eigenvalue weighted by atomic mass is 32.2. The molecule has 25 heavy (non-hydrogen) atoms. The number of carbonyl (C=O) groups excluding carboxylic acids is 3. The lowest BCUT2D eigenvalue weighted by molar-refractivity contribution is -0.115. The first-order valence-electron chi connectivity index (χ1n) is 7.81. The van der Waals surface area contributed by atoms with Crippen LogP contribution in [0.15, 0.2) is 53.4 Å². The summed E-state index contributed by atoms with van der Waals surface area (Å²) in [6.45, 7) is 4.76. The molecular weight excluding hydrogens is 336 g/mol. The third-order valence-corrected chi connectivity index (χ3v) is 4.46. The molecule has 130 valence electrons. The molecule has 0 saturated carbocycles. The number of nitrogens with one attached hydrogen (secondary N) is 2. The maximum absolute atomic E-state index is 12.5. The molecule has 0 fully saturated rings. The number of thioether (sulfide) groups is 1. The second-order valence-corrected chi connectivity index (χ2v) is 7.00. The van der Waals surface area contributed by atoms with Gasteiger partial charge in [-0.15, -0.1) is 11.8 Å². The Balaban J connectivity index is 1.99. The van der Waals surface area contributed by atoms with Crippen LogP contribution < -0.4 is 10.6 Å². The monoisotopic (exact) mass is 356 g/mol. The smallest absolute Gasteiger partial charge is 0.221 e. The van der Waals surface area contributed by atoms with Crippen LogP contribution in [-0.2, 0) is 9.59 Å². The molecule has 2 aromatic rings. The van der Waals surface area contributed by atoms with Gasteiger partial charge < -0.3 is 10.6 Å². The lowest BCUT2D eigenvalue weighted by atomic mass is 10.1. The van der Waals surface area contributed by atoms with Crippen molar-refractivity contribution in [2.45, 2.75) is 30.9 Å². The lowest BCUT2D eigenvalue weighted by Crippen LogP contribution is -2.13. The van der Waals surface area contributed by atoms with Crippen LogP contribution >= 0.6 is 11.8 Å². The molecule has 0 spiro atoms. The van der Waals surface area contributed by atoms with Crippen LogP contribution in [0.3, 0.4) is 0 Å². The predicted molar refractivity (Wildman–Crippen MR) is 101 cm³/mol. The van der Waals surface area contributed by atoms with Crippen molar-refractivity contribution in [2.75, 3.05) is 10.6 Å². The predicted octanol–water partition coefficient (Wildman–Crippen LogP) is 3.97. The molecule has 0 bridgehead atoms. The summed E-state index contributed by atoms with van der Waals surface area (Å²) < 4.78 is 0. The van der Waals surface area contributed by atoms with Gasteiger partial charge in [-0.25, -0.2) is 0 Å². The zero-order valence-corrected chi connectivity index (χ0v) is 15.1. The molecule has 2 N–H and O–H groups in total. The summed E-state index contributed by atoms with van der Waals surface area (Å²) in [5, 5.41) is 5.13. The second-order valence-electron chi connectivity index (χ2n) is 5.59. The van der Waals surface area contributed by atoms with E-state index in [0.29, 0.717) is 11.3 Å². The van der Waals surface area contributed by atoms with Gasteiger partial charge in [0.1, 0.15) is 0 Å². The Morgan fingerprint density at radius 2 is 1.24 bits per heavy atom. The van der Waals surface area contributed by atoms with Gasteiger partial charge in [0.25, 0.3) is 0 Å². The van der Waals surface area contributed by atoms with Crippen molar-refractivity contribution in [1.29, 1.82) is 0 Å². The molecule has 0 saturated heterocycles. The fourth-order valence-corrected chi connectivity index (χ4v) is 3.18. The van der Waals surface area contributed by atoms with Gasteiger partial charge in [-0.2, -0.15) is 0 Å². The average molecular weight is 356 g/mol. The van der Waals surface area contributed by atoms with E-state index in [1.54, 1.807) is 24.3 Å². The van der Waals surface area contributed by atoms with Crippen LogP contribution in [0.4, 0.5) is 11.4 Å². The minimum Gasteiger partial charge on any atom is -0.326 e. The van der Waals surface area contributed by atoms with E-state index in [1.807, 2.05) is 31.2 Å². The normalized spacial score (nSPS) is 11.5. The fraction of sp³-hybridized carbons (Fsp3) is 0.211. The molecule has 1 atom stereocenters. The number of rotatable bonds is 6. The first kappa shape index (κ1) is 18.7. The number of ketones is 1. The Bertz CT molecular complexity index is 770. The van der Waals surface area contributed by atoms with Crippen molar-refractivity contribution in [2.24, 2.45) is 0 Å². The Kier molecular flexibility index (Phi) is 6.36. The number of benzene rings is 2.